The molecule has 4 aromatic carbocycles. The van der Waals surface area contributed by atoms with Crippen LogP contribution in [0.5, 0.6) is 0 Å². The molecule has 0 radical (unpaired) electrons. The molecular formula is C48H40N4O2. The highest BCUT2D eigenvalue weighted by atomic mass is 16.1. The predicted molar refractivity (Wildman–Crippen MR) is 216 cm³/mol. The van der Waals surface area contributed by atoms with E-state index in [0.717, 1.165) is 74.9 Å². The third-order valence-corrected chi connectivity index (χ3v) is 10.2. The number of benzene rings is 4. The molecular weight excluding hydrogens is 665 g/mol. The molecule has 0 saturated heterocycles. The molecule has 54 heavy (non-hydrogen) atoms. The number of carbonyl (C=O) groups is 2. The summed E-state index contributed by atoms with van der Waals surface area (Å²) in [6, 6.07) is 52.9. The Morgan fingerprint density at radius 1 is 0.556 bits per heavy atom. The van der Waals surface area contributed by atoms with Crippen LogP contribution in [-0.2, 0) is 10.2 Å². The molecule has 7 aromatic rings. The van der Waals surface area contributed by atoms with Gasteiger partial charge in [0.15, 0.2) is 0 Å². The zero-order valence-electron chi connectivity index (χ0n) is 30.1. The number of hydrogen-bond donors (Lipinski definition) is 3. The van der Waals surface area contributed by atoms with Crippen LogP contribution in [0.15, 0.2) is 175 Å². The monoisotopic (exact) mass is 704 g/mol. The molecule has 0 unspecified atom stereocenters. The molecule has 1 aliphatic rings. The molecule has 1 aliphatic heterocycles. The fraction of sp³-hybridized carbons (Fsp3) is 0.104. The van der Waals surface area contributed by atoms with Crippen molar-refractivity contribution in [3.8, 4) is 0 Å². The SMILES string of the molecule is CCCC[C@](c1ccccc1)(c1ccc(C(=O)c2ccccc2)[nH]1)c1ccc(C(c2ccccc2)=c2ccc(=C(C3=NC(=O)C=C3)c3ccccc3)[nH]2)[nH]1. The van der Waals surface area contributed by atoms with Gasteiger partial charge in [-0.25, -0.2) is 4.99 Å². The number of aromatic nitrogens is 3. The molecule has 0 spiro atoms. The number of allylic oxidation sites excluding steroid dienone is 1. The number of unbranched alkanes of at least 4 members (excludes halogenated alkanes) is 1. The molecule has 6 nitrogen and oxygen atoms in total. The molecule has 8 rings (SSSR count). The zero-order chi connectivity index (χ0) is 36.9. The summed E-state index contributed by atoms with van der Waals surface area (Å²) in [7, 11) is 0. The first kappa shape index (κ1) is 34.3. The van der Waals surface area contributed by atoms with E-state index in [1.165, 1.54) is 6.08 Å². The molecule has 264 valence electrons. The largest absolute Gasteiger partial charge is 0.357 e. The quantitative estimate of drug-likeness (QED) is 0.112. The van der Waals surface area contributed by atoms with Crippen LogP contribution < -0.4 is 10.7 Å². The highest BCUT2D eigenvalue weighted by Gasteiger charge is 2.39. The molecule has 0 fully saturated rings. The Hall–Kier alpha value is -6.79. The summed E-state index contributed by atoms with van der Waals surface area (Å²) in [4.78, 5) is 41.4. The number of aliphatic imine (C=N–C) groups is 1. The van der Waals surface area contributed by atoms with Gasteiger partial charge in [-0.2, -0.15) is 0 Å². The number of nitrogens with zero attached hydrogens (tertiary/aromatic N) is 1. The third kappa shape index (κ3) is 6.54. The summed E-state index contributed by atoms with van der Waals surface area (Å²) in [5.41, 5.74) is 9.18. The van der Waals surface area contributed by atoms with Crippen molar-refractivity contribution in [3.63, 3.8) is 0 Å². The van der Waals surface area contributed by atoms with E-state index in [4.69, 9.17) is 0 Å². The molecule has 3 aromatic heterocycles. The van der Waals surface area contributed by atoms with Crippen molar-refractivity contribution in [3.05, 3.63) is 226 Å². The molecule has 1 amide bonds. The number of ketones is 1. The topological polar surface area (TPSA) is 93.9 Å². The van der Waals surface area contributed by atoms with Gasteiger partial charge >= 0.3 is 0 Å². The second-order valence-corrected chi connectivity index (χ2v) is 13.6. The van der Waals surface area contributed by atoms with E-state index in [0.29, 0.717) is 17.0 Å². The minimum Gasteiger partial charge on any atom is -0.357 e. The Balaban J connectivity index is 1.33. The summed E-state index contributed by atoms with van der Waals surface area (Å²) in [6.45, 7) is 2.21. The van der Waals surface area contributed by atoms with Crippen LogP contribution in [0.2, 0.25) is 0 Å². The molecule has 6 heteroatoms. The lowest BCUT2D eigenvalue weighted by Crippen LogP contribution is -2.31. The summed E-state index contributed by atoms with van der Waals surface area (Å²) in [6.07, 6.45) is 6.09. The summed E-state index contributed by atoms with van der Waals surface area (Å²) in [5, 5.41) is 1.78. The van der Waals surface area contributed by atoms with Gasteiger partial charge in [-0.3, -0.25) is 9.59 Å². The molecule has 1 atom stereocenters. The first-order chi connectivity index (χ1) is 26.5. The Morgan fingerprint density at radius 3 is 1.65 bits per heavy atom. The Labute approximate surface area is 314 Å². The lowest BCUT2D eigenvalue weighted by Gasteiger charge is -2.33. The zero-order valence-corrected chi connectivity index (χ0v) is 30.1. The average molecular weight is 705 g/mol. The van der Waals surface area contributed by atoms with Gasteiger partial charge in [0.25, 0.3) is 5.91 Å². The van der Waals surface area contributed by atoms with Crippen molar-refractivity contribution in [2.45, 2.75) is 31.6 Å². The first-order valence-corrected chi connectivity index (χ1v) is 18.5. The Kier molecular flexibility index (Phi) is 9.56. The van der Waals surface area contributed by atoms with Gasteiger partial charge in [0, 0.05) is 50.6 Å². The van der Waals surface area contributed by atoms with Crippen molar-refractivity contribution < 1.29 is 9.59 Å². The third-order valence-electron chi connectivity index (χ3n) is 10.2. The number of carbonyl (C=O) groups excluding carboxylic acids is 2. The minimum atomic E-state index is -0.596. The first-order valence-electron chi connectivity index (χ1n) is 18.5. The fourth-order valence-corrected chi connectivity index (χ4v) is 7.62. The van der Waals surface area contributed by atoms with E-state index in [1.54, 1.807) is 6.08 Å². The average Bonchev–Trinajstić information content (AvgIpc) is 4.07. The Morgan fingerprint density at radius 2 is 1.07 bits per heavy atom. The number of H-pyrrole nitrogens is 3. The lowest BCUT2D eigenvalue weighted by atomic mass is 9.71. The van der Waals surface area contributed by atoms with Crippen LogP contribution in [0.4, 0.5) is 0 Å². The van der Waals surface area contributed by atoms with Crippen LogP contribution >= 0.6 is 0 Å². The minimum absolute atomic E-state index is 0.0381. The van der Waals surface area contributed by atoms with E-state index in [2.05, 4.69) is 93.6 Å². The van der Waals surface area contributed by atoms with E-state index < -0.39 is 5.41 Å². The number of rotatable bonds is 12. The summed E-state index contributed by atoms with van der Waals surface area (Å²) < 4.78 is 0. The normalized spacial score (nSPS) is 14.8. The van der Waals surface area contributed by atoms with Crippen LogP contribution in [0.3, 0.4) is 0 Å². The molecule has 3 N–H and O–H groups in total. The number of amides is 1. The van der Waals surface area contributed by atoms with Crippen LogP contribution in [0, 0.1) is 0 Å². The summed E-state index contributed by atoms with van der Waals surface area (Å²) in [5.74, 6) is -0.298. The van der Waals surface area contributed by atoms with Gasteiger partial charge in [0.05, 0.1) is 16.8 Å². The van der Waals surface area contributed by atoms with Gasteiger partial charge in [0.1, 0.15) is 0 Å². The Bertz CT molecular complexity index is 2610. The molecule has 4 heterocycles. The van der Waals surface area contributed by atoms with Gasteiger partial charge in [-0.05, 0) is 65.6 Å². The van der Waals surface area contributed by atoms with Crippen molar-refractivity contribution in [1.29, 1.82) is 0 Å². The van der Waals surface area contributed by atoms with E-state index in [-0.39, 0.29) is 11.7 Å². The maximum atomic E-state index is 13.6. The number of aromatic amines is 3. The number of hydrogen-bond acceptors (Lipinski definition) is 2. The predicted octanol–water partition coefficient (Wildman–Crippen LogP) is 8.41. The van der Waals surface area contributed by atoms with E-state index in [1.807, 2.05) is 91.0 Å². The number of nitrogens with one attached hydrogen (secondary N) is 3. The van der Waals surface area contributed by atoms with Crippen LogP contribution in [-0.4, -0.2) is 32.4 Å². The standard InChI is InChI=1S/C48H40N4O2/c1-2-3-32-48(36-22-14-7-15-23-36,43-30-27-41(51-43)47(54)35-20-12-6-13-21-35)42-29-26-39(50-42)45(33-16-8-4-9-17-33)37-24-25-38(49-37)46(34-18-10-5-11-19-34)40-28-31-44(53)52-40/h4-31,49-51H,2-3,32H2,1H3/t48-/m1/s1. The second kappa shape index (κ2) is 15.1. The second-order valence-electron chi connectivity index (χ2n) is 13.6. The van der Waals surface area contributed by atoms with Crippen molar-refractivity contribution >= 4 is 28.5 Å². The molecule has 0 saturated carbocycles. The van der Waals surface area contributed by atoms with Gasteiger partial charge in [-0.15, -0.1) is 0 Å². The summed E-state index contributed by atoms with van der Waals surface area (Å²) >= 11 is 0. The van der Waals surface area contributed by atoms with Crippen molar-refractivity contribution in [2.24, 2.45) is 4.99 Å². The molecule has 0 aliphatic carbocycles. The van der Waals surface area contributed by atoms with Gasteiger partial charge in [0.2, 0.25) is 5.78 Å². The fourth-order valence-electron chi connectivity index (χ4n) is 7.62. The lowest BCUT2D eigenvalue weighted by molar-refractivity contribution is -0.113. The maximum Gasteiger partial charge on any atom is 0.270 e. The van der Waals surface area contributed by atoms with Crippen LogP contribution in [0.1, 0.15) is 76.0 Å². The highest BCUT2D eigenvalue weighted by molar-refractivity contribution is 6.34. The maximum absolute atomic E-state index is 13.6. The van der Waals surface area contributed by atoms with Gasteiger partial charge in [-0.1, -0.05) is 141 Å². The van der Waals surface area contributed by atoms with E-state index >= 15 is 0 Å². The van der Waals surface area contributed by atoms with Crippen LogP contribution in [0.25, 0.3) is 11.1 Å². The van der Waals surface area contributed by atoms with Crippen molar-refractivity contribution in [1.82, 2.24) is 15.0 Å². The van der Waals surface area contributed by atoms with Crippen molar-refractivity contribution in [2.75, 3.05) is 0 Å². The van der Waals surface area contributed by atoms with Gasteiger partial charge < -0.3 is 15.0 Å². The smallest absolute Gasteiger partial charge is 0.270 e. The molecule has 0 bridgehead atoms. The van der Waals surface area contributed by atoms with E-state index in [9.17, 15) is 9.59 Å². The highest BCUT2D eigenvalue weighted by Crippen LogP contribution is 2.43.